The third kappa shape index (κ3) is 2.11. The molecule has 0 aliphatic heterocycles. The van der Waals surface area contributed by atoms with Gasteiger partial charge >= 0.3 is 0 Å². The molecule has 2 aromatic carbocycles. The lowest BCUT2D eigenvalue weighted by Crippen LogP contribution is -1.94. The van der Waals surface area contributed by atoms with Crippen molar-refractivity contribution in [3.05, 3.63) is 53.3 Å². The van der Waals surface area contributed by atoms with Gasteiger partial charge in [-0.1, -0.05) is 29.8 Å². The number of aromatic amines is 1. The average Bonchev–Trinajstić information content (AvgIpc) is 2.71. The summed E-state index contributed by atoms with van der Waals surface area (Å²) in [5, 5.41) is 4.20. The van der Waals surface area contributed by atoms with E-state index in [2.05, 4.69) is 10.3 Å². The normalized spacial score (nSPS) is 10.8. The van der Waals surface area contributed by atoms with Crippen LogP contribution in [0.4, 0.5) is 21.6 Å². The van der Waals surface area contributed by atoms with Crippen LogP contribution in [0.25, 0.3) is 10.9 Å². The molecule has 0 atom stereocenters. The van der Waals surface area contributed by atoms with Crippen LogP contribution in [0.2, 0.25) is 5.02 Å². The fraction of sp³-hybridized carbons (Fsp3) is 0. The van der Waals surface area contributed by atoms with Crippen LogP contribution in [-0.4, -0.2) is 4.98 Å². The molecule has 0 aliphatic rings. The summed E-state index contributed by atoms with van der Waals surface area (Å²) < 4.78 is 13.1. The van der Waals surface area contributed by atoms with Gasteiger partial charge in [-0.2, -0.15) is 0 Å². The summed E-state index contributed by atoms with van der Waals surface area (Å²) in [6.07, 6.45) is 0. The number of nitrogen functional groups attached to an aromatic ring is 1. The zero-order chi connectivity index (χ0) is 13.4. The fourth-order valence-electron chi connectivity index (χ4n) is 2.02. The Morgan fingerprint density at radius 3 is 2.74 bits per heavy atom. The number of halogens is 2. The van der Waals surface area contributed by atoms with Crippen molar-refractivity contribution in [1.82, 2.24) is 4.98 Å². The highest BCUT2D eigenvalue weighted by Crippen LogP contribution is 2.32. The highest BCUT2D eigenvalue weighted by Gasteiger charge is 2.09. The summed E-state index contributed by atoms with van der Waals surface area (Å²) in [5.41, 5.74) is 8.33. The minimum Gasteiger partial charge on any atom is -0.384 e. The Kier molecular flexibility index (Phi) is 2.80. The first-order chi connectivity index (χ1) is 9.15. The predicted octanol–water partition coefficient (Wildman–Crippen LogP) is 4.29. The second kappa shape index (κ2) is 4.48. The molecular formula is C14H11ClFN3. The number of fused-ring (bicyclic) bond motifs is 1. The van der Waals surface area contributed by atoms with Crippen LogP contribution in [0.3, 0.4) is 0 Å². The van der Waals surface area contributed by atoms with Gasteiger partial charge in [0.15, 0.2) is 0 Å². The van der Waals surface area contributed by atoms with E-state index in [0.29, 0.717) is 11.5 Å². The van der Waals surface area contributed by atoms with Gasteiger partial charge in [0.25, 0.3) is 0 Å². The summed E-state index contributed by atoms with van der Waals surface area (Å²) in [4.78, 5) is 3.08. The van der Waals surface area contributed by atoms with Crippen LogP contribution in [0.1, 0.15) is 0 Å². The summed E-state index contributed by atoms with van der Waals surface area (Å²) in [6, 6.07) is 12.2. The maximum atomic E-state index is 13.1. The van der Waals surface area contributed by atoms with Crippen molar-refractivity contribution >= 4 is 39.7 Å². The molecule has 96 valence electrons. The molecule has 19 heavy (non-hydrogen) atoms. The molecule has 3 nitrogen and oxygen atoms in total. The molecule has 0 saturated heterocycles. The molecule has 0 saturated carbocycles. The van der Waals surface area contributed by atoms with Gasteiger partial charge in [-0.3, -0.25) is 0 Å². The number of hydrogen-bond donors (Lipinski definition) is 3. The number of nitrogens with one attached hydrogen (secondary N) is 2. The lowest BCUT2D eigenvalue weighted by atomic mass is 10.2. The molecule has 0 bridgehead atoms. The Labute approximate surface area is 114 Å². The van der Waals surface area contributed by atoms with E-state index in [4.69, 9.17) is 17.3 Å². The number of hydrogen-bond acceptors (Lipinski definition) is 2. The van der Waals surface area contributed by atoms with E-state index in [9.17, 15) is 4.39 Å². The van der Waals surface area contributed by atoms with E-state index in [1.54, 1.807) is 6.07 Å². The molecule has 3 aromatic rings. The molecule has 4 N–H and O–H groups in total. The smallest absolute Gasteiger partial charge is 0.141 e. The Bertz CT molecular complexity index is 752. The average molecular weight is 276 g/mol. The number of nitrogens with two attached hydrogens (primary N) is 1. The number of para-hydroxylation sites is 1. The van der Waals surface area contributed by atoms with Gasteiger partial charge in [-0.15, -0.1) is 0 Å². The predicted molar refractivity (Wildman–Crippen MR) is 77.4 cm³/mol. The van der Waals surface area contributed by atoms with E-state index in [1.807, 2.05) is 24.3 Å². The molecule has 0 amide bonds. The van der Waals surface area contributed by atoms with E-state index >= 15 is 0 Å². The van der Waals surface area contributed by atoms with Crippen molar-refractivity contribution in [2.75, 3.05) is 11.1 Å². The molecular weight excluding hydrogens is 265 g/mol. The summed E-state index contributed by atoms with van der Waals surface area (Å²) >= 11 is 5.76. The molecule has 0 unspecified atom stereocenters. The van der Waals surface area contributed by atoms with Gasteiger partial charge in [0.2, 0.25) is 0 Å². The number of benzene rings is 2. The number of rotatable bonds is 2. The highest BCUT2D eigenvalue weighted by atomic mass is 35.5. The van der Waals surface area contributed by atoms with Crippen molar-refractivity contribution in [2.24, 2.45) is 0 Å². The Morgan fingerprint density at radius 2 is 1.95 bits per heavy atom. The van der Waals surface area contributed by atoms with Crippen LogP contribution < -0.4 is 11.1 Å². The van der Waals surface area contributed by atoms with Crippen molar-refractivity contribution < 1.29 is 4.39 Å². The quantitative estimate of drug-likeness (QED) is 0.653. The molecule has 0 spiro atoms. The first-order valence-corrected chi connectivity index (χ1v) is 6.11. The van der Waals surface area contributed by atoms with Crippen molar-refractivity contribution in [3.63, 3.8) is 0 Å². The highest BCUT2D eigenvalue weighted by molar-refractivity contribution is 6.31. The second-order valence-corrected chi connectivity index (χ2v) is 4.62. The summed E-state index contributed by atoms with van der Waals surface area (Å²) in [6.45, 7) is 0. The molecule has 3 rings (SSSR count). The first kappa shape index (κ1) is 11.9. The largest absolute Gasteiger partial charge is 0.384 e. The fourth-order valence-corrected chi connectivity index (χ4v) is 2.20. The Morgan fingerprint density at radius 1 is 1.16 bits per heavy atom. The molecule has 0 fully saturated rings. The van der Waals surface area contributed by atoms with E-state index < -0.39 is 5.82 Å². The molecule has 5 heteroatoms. The van der Waals surface area contributed by atoms with Crippen LogP contribution in [-0.2, 0) is 0 Å². The lowest BCUT2D eigenvalue weighted by molar-refractivity contribution is 0.628. The van der Waals surface area contributed by atoms with E-state index in [-0.39, 0.29) is 5.02 Å². The topological polar surface area (TPSA) is 53.8 Å². The molecule has 1 heterocycles. The standard InChI is InChI=1S/C14H11ClFN3/c15-10-7-8(5-6-11(10)16)18-13-9-3-1-2-4-12(9)19-14(13)17/h1-7,18-19H,17H2. The van der Waals surface area contributed by atoms with Crippen molar-refractivity contribution in [2.45, 2.75) is 0 Å². The minimum absolute atomic E-state index is 0.0726. The van der Waals surface area contributed by atoms with E-state index in [1.165, 1.54) is 12.1 Å². The molecule has 1 aromatic heterocycles. The van der Waals surface area contributed by atoms with E-state index in [0.717, 1.165) is 16.6 Å². The molecule has 0 aliphatic carbocycles. The van der Waals surface area contributed by atoms with Crippen LogP contribution >= 0.6 is 11.6 Å². The van der Waals surface area contributed by atoms with Gasteiger partial charge in [0.1, 0.15) is 11.6 Å². The zero-order valence-electron chi connectivity index (χ0n) is 9.87. The van der Waals surface area contributed by atoms with Gasteiger partial charge in [-0.25, -0.2) is 4.39 Å². The maximum absolute atomic E-state index is 13.1. The summed E-state index contributed by atoms with van der Waals surface area (Å²) in [7, 11) is 0. The monoisotopic (exact) mass is 275 g/mol. The minimum atomic E-state index is -0.445. The van der Waals surface area contributed by atoms with Crippen LogP contribution in [0, 0.1) is 5.82 Å². The van der Waals surface area contributed by atoms with Gasteiger partial charge in [0.05, 0.1) is 10.7 Å². The van der Waals surface area contributed by atoms with Crippen LogP contribution in [0.15, 0.2) is 42.5 Å². The number of H-pyrrole nitrogens is 1. The zero-order valence-corrected chi connectivity index (χ0v) is 10.6. The van der Waals surface area contributed by atoms with Gasteiger partial charge in [-0.05, 0) is 24.3 Å². The molecule has 0 radical (unpaired) electrons. The van der Waals surface area contributed by atoms with Crippen molar-refractivity contribution in [3.8, 4) is 0 Å². The second-order valence-electron chi connectivity index (χ2n) is 4.21. The van der Waals surface area contributed by atoms with Crippen molar-refractivity contribution in [1.29, 1.82) is 0 Å². The third-order valence-electron chi connectivity index (χ3n) is 2.92. The maximum Gasteiger partial charge on any atom is 0.141 e. The summed E-state index contributed by atoms with van der Waals surface area (Å²) in [5.74, 6) is 0.0840. The SMILES string of the molecule is Nc1[nH]c2ccccc2c1Nc1ccc(F)c(Cl)c1. The Balaban J connectivity index is 2.05. The first-order valence-electron chi connectivity index (χ1n) is 5.73. The number of anilines is 3. The Hall–Kier alpha value is -2.20. The van der Waals surface area contributed by atoms with Gasteiger partial charge < -0.3 is 16.0 Å². The number of aromatic nitrogens is 1. The van der Waals surface area contributed by atoms with Gasteiger partial charge in [0, 0.05) is 16.6 Å². The lowest BCUT2D eigenvalue weighted by Gasteiger charge is -2.07. The third-order valence-corrected chi connectivity index (χ3v) is 3.21. The van der Waals surface area contributed by atoms with Crippen LogP contribution in [0.5, 0.6) is 0 Å².